The molecule has 0 bridgehead atoms. The number of methoxy groups -OCH3 is 1. The number of ether oxygens (including phenoxy) is 1. The van der Waals surface area contributed by atoms with Crippen LogP contribution in [-0.2, 0) is 16.3 Å². The van der Waals surface area contributed by atoms with Crippen molar-refractivity contribution in [3.8, 4) is 5.75 Å². The van der Waals surface area contributed by atoms with Crippen molar-refractivity contribution in [2.24, 2.45) is 0 Å². The second-order valence-corrected chi connectivity index (χ2v) is 8.72. The summed E-state index contributed by atoms with van der Waals surface area (Å²) in [5, 5.41) is 6.45. The molecule has 1 unspecified atom stereocenters. The summed E-state index contributed by atoms with van der Waals surface area (Å²) in [5.74, 6) is 2.44. The molecule has 140 valence electrons. The van der Waals surface area contributed by atoms with E-state index in [0.717, 1.165) is 17.9 Å². The van der Waals surface area contributed by atoms with E-state index < -0.39 is 9.84 Å². The van der Waals surface area contributed by atoms with Crippen LogP contribution in [0.3, 0.4) is 0 Å². The fraction of sp³-hybridized carbons (Fsp3) is 0.444. The maximum Gasteiger partial charge on any atom is 0.224 e. The summed E-state index contributed by atoms with van der Waals surface area (Å²) in [6, 6.07) is 9.70. The molecule has 0 aliphatic carbocycles. The molecule has 1 aromatic heterocycles. The largest absolute Gasteiger partial charge is 0.497 e. The number of anilines is 2. The number of nitrogens with zero attached hydrogens (tertiary/aromatic N) is 2. The number of rotatable bonds is 7. The predicted octanol–water partition coefficient (Wildman–Crippen LogP) is 2.05. The van der Waals surface area contributed by atoms with E-state index >= 15 is 0 Å². The molecule has 1 saturated heterocycles. The van der Waals surface area contributed by atoms with Gasteiger partial charge in [-0.25, -0.2) is 13.4 Å². The van der Waals surface area contributed by atoms with Gasteiger partial charge < -0.3 is 15.4 Å². The number of hydrogen-bond acceptors (Lipinski definition) is 7. The summed E-state index contributed by atoms with van der Waals surface area (Å²) in [7, 11) is -1.27. The Labute approximate surface area is 154 Å². The van der Waals surface area contributed by atoms with Gasteiger partial charge in [0.25, 0.3) is 0 Å². The van der Waals surface area contributed by atoms with Gasteiger partial charge in [-0.05, 0) is 37.5 Å². The Morgan fingerprint density at radius 1 is 1.23 bits per heavy atom. The van der Waals surface area contributed by atoms with Crippen molar-refractivity contribution in [2.75, 3.05) is 35.8 Å². The van der Waals surface area contributed by atoms with E-state index in [1.165, 1.54) is 5.56 Å². The van der Waals surface area contributed by atoms with E-state index in [1.807, 2.05) is 37.3 Å². The normalized spacial score (nSPS) is 18.5. The van der Waals surface area contributed by atoms with Crippen LogP contribution in [0.1, 0.15) is 17.7 Å². The van der Waals surface area contributed by atoms with E-state index in [1.54, 1.807) is 7.11 Å². The van der Waals surface area contributed by atoms with Crippen LogP contribution in [0.4, 0.5) is 11.8 Å². The molecule has 8 heteroatoms. The van der Waals surface area contributed by atoms with Crippen molar-refractivity contribution >= 4 is 21.6 Å². The highest BCUT2D eigenvalue weighted by atomic mass is 32.2. The van der Waals surface area contributed by atoms with Crippen molar-refractivity contribution in [2.45, 2.75) is 25.8 Å². The smallest absolute Gasteiger partial charge is 0.224 e. The maximum atomic E-state index is 11.6. The van der Waals surface area contributed by atoms with Gasteiger partial charge in [0.1, 0.15) is 11.6 Å². The van der Waals surface area contributed by atoms with Gasteiger partial charge in [-0.2, -0.15) is 4.98 Å². The molecule has 1 aromatic carbocycles. The van der Waals surface area contributed by atoms with Crippen LogP contribution in [0, 0.1) is 6.92 Å². The van der Waals surface area contributed by atoms with Crippen molar-refractivity contribution in [1.29, 1.82) is 0 Å². The van der Waals surface area contributed by atoms with Gasteiger partial charge >= 0.3 is 0 Å². The molecule has 7 nitrogen and oxygen atoms in total. The molecule has 1 fully saturated rings. The van der Waals surface area contributed by atoms with Gasteiger partial charge in [0.15, 0.2) is 9.84 Å². The highest BCUT2D eigenvalue weighted by molar-refractivity contribution is 7.91. The molecule has 2 heterocycles. The Morgan fingerprint density at radius 3 is 2.65 bits per heavy atom. The SMILES string of the molecule is COc1ccc(CCNc2nc(C)cc(NC3CCS(=O)(=O)C3)n2)cc1. The fourth-order valence-corrected chi connectivity index (χ4v) is 4.62. The third-order valence-electron chi connectivity index (χ3n) is 4.29. The van der Waals surface area contributed by atoms with Gasteiger partial charge in [-0.3, -0.25) is 0 Å². The lowest BCUT2D eigenvalue weighted by Crippen LogP contribution is -2.22. The van der Waals surface area contributed by atoms with Crippen LogP contribution in [0.15, 0.2) is 30.3 Å². The predicted molar refractivity (Wildman–Crippen MR) is 103 cm³/mol. The number of hydrogen-bond donors (Lipinski definition) is 2. The zero-order valence-corrected chi connectivity index (χ0v) is 15.8. The molecular weight excluding hydrogens is 352 g/mol. The molecule has 1 aliphatic heterocycles. The average molecular weight is 376 g/mol. The maximum absolute atomic E-state index is 11.6. The van der Waals surface area contributed by atoms with Crippen LogP contribution >= 0.6 is 0 Å². The van der Waals surface area contributed by atoms with Gasteiger partial charge in [0, 0.05) is 24.3 Å². The zero-order valence-electron chi connectivity index (χ0n) is 15.0. The first-order chi connectivity index (χ1) is 12.4. The summed E-state index contributed by atoms with van der Waals surface area (Å²) >= 11 is 0. The Bertz CT molecular complexity index is 853. The molecule has 2 aromatic rings. The second kappa shape index (κ2) is 7.90. The Morgan fingerprint density at radius 2 is 2.00 bits per heavy atom. The minimum Gasteiger partial charge on any atom is -0.497 e. The molecule has 0 radical (unpaired) electrons. The van der Waals surface area contributed by atoms with E-state index in [-0.39, 0.29) is 17.5 Å². The Kier molecular flexibility index (Phi) is 5.61. The highest BCUT2D eigenvalue weighted by Crippen LogP contribution is 2.18. The van der Waals surface area contributed by atoms with Crippen molar-refractivity contribution < 1.29 is 13.2 Å². The minimum atomic E-state index is -2.92. The topological polar surface area (TPSA) is 93.2 Å². The van der Waals surface area contributed by atoms with E-state index in [9.17, 15) is 8.42 Å². The first kappa shape index (κ1) is 18.4. The summed E-state index contributed by atoms with van der Waals surface area (Å²) < 4.78 is 28.3. The number of benzene rings is 1. The summed E-state index contributed by atoms with van der Waals surface area (Å²) in [6.07, 6.45) is 1.45. The van der Waals surface area contributed by atoms with Crippen molar-refractivity contribution in [3.63, 3.8) is 0 Å². The summed E-state index contributed by atoms with van der Waals surface area (Å²) in [4.78, 5) is 8.85. The Balaban J connectivity index is 1.57. The standard InChI is InChI=1S/C18H24N4O3S/c1-13-11-17(21-15-8-10-26(23,24)12-15)22-18(20-13)19-9-7-14-3-5-16(25-2)6-4-14/h3-6,11,15H,7-10,12H2,1-2H3,(H2,19,20,21,22). The van der Waals surface area contributed by atoms with Gasteiger partial charge in [-0.1, -0.05) is 12.1 Å². The highest BCUT2D eigenvalue weighted by Gasteiger charge is 2.28. The van der Waals surface area contributed by atoms with Crippen LogP contribution in [0.2, 0.25) is 0 Å². The van der Waals surface area contributed by atoms with Crippen LogP contribution in [-0.4, -0.2) is 49.6 Å². The lowest BCUT2D eigenvalue weighted by atomic mass is 10.1. The van der Waals surface area contributed by atoms with E-state index in [0.29, 0.717) is 24.7 Å². The molecule has 0 amide bonds. The number of nitrogens with one attached hydrogen (secondary N) is 2. The molecule has 0 spiro atoms. The first-order valence-electron chi connectivity index (χ1n) is 8.63. The van der Waals surface area contributed by atoms with Crippen LogP contribution in [0.25, 0.3) is 0 Å². The first-order valence-corrected chi connectivity index (χ1v) is 10.4. The lowest BCUT2D eigenvalue weighted by molar-refractivity contribution is 0.414. The second-order valence-electron chi connectivity index (χ2n) is 6.49. The lowest BCUT2D eigenvalue weighted by Gasteiger charge is -2.13. The Hall–Kier alpha value is -2.35. The minimum absolute atomic E-state index is 0.0820. The summed E-state index contributed by atoms with van der Waals surface area (Å²) in [5.41, 5.74) is 2.02. The van der Waals surface area contributed by atoms with Crippen LogP contribution < -0.4 is 15.4 Å². The van der Waals surface area contributed by atoms with Gasteiger partial charge in [0.05, 0.1) is 18.6 Å². The van der Waals surface area contributed by atoms with Gasteiger partial charge in [-0.15, -0.1) is 0 Å². The average Bonchev–Trinajstić information content (AvgIpc) is 2.93. The van der Waals surface area contributed by atoms with E-state index in [4.69, 9.17) is 4.74 Å². The third-order valence-corrected chi connectivity index (χ3v) is 6.06. The molecule has 1 aliphatic rings. The summed E-state index contributed by atoms with van der Waals surface area (Å²) in [6.45, 7) is 2.60. The fourth-order valence-electron chi connectivity index (χ4n) is 2.95. The van der Waals surface area contributed by atoms with Crippen molar-refractivity contribution in [1.82, 2.24) is 9.97 Å². The third kappa shape index (κ3) is 5.08. The molecule has 1 atom stereocenters. The molecule has 26 heavy (non-hydrogen) atoms. The quantitative estimate of drug-likeness (QED) is 0.764. The monoisotopic (exact) mass is 376 g/mol. The van der Waals surface area contributed by atoms with Crippen LogP contribution in [0.5, 0.6) is 5.75 Å². The molecular formula is C18H24N4O3S. The van der Waals surface area contributed by atoms with Gasteiger partial charge in [0.2, 0.25) is 5.95 Å². The number of sulfone groups is 1. The van der Waals surface area contributed by atoms with Crippen molar-refractivity contribution in [3.05, 3.63) is 41.6 Å². The molecule has 2 N–H and O–H groups in total. The molecule has 0 saturated carbocycles. The zero-order chi connectivity index (χ0) is 18.6. The number of aryl methyl sites for hydroxylation is 1. The number of aromatic nitrogens is 2. The molecule has 3 rings (SSSR count). The van der Waals surface area contributed by atoms with E-state index in [2.05, 4.69) is 20.6 Å².